The fourth-order valence-electron chi connectivity index (χ4n) is 1.09. The molecule has 0 aliphatic carbocycles. The summed E-state index contributed by atoms with van der Waals surface area (Å²) in [7, 11) is 0. The first kappa shape index (κ1) is 8.30. The van der Waals surface area contributed by atoms with Gasteiger partial charge in [-0.25, -0.2) is 0 Å². The molecule has 1 aromatic rings. The van der Waals surface area contributed by atoms with Crippen molar-refractivity contribution in [3.8, 4) is 0 Å². The van der Waals surface area contributed by atoms with Crippen LogP contribution >= 0.6 is 0 Å². The molecule has 0 unspecified atom stereocenters. The van der Waals surface area contributed by atoms with Crippen molar-refractivity contribution in [2.24, 2.45) is 0 Å². The average molecular weight is 226 g/mol. The van der Waals surface area contributed by atoms with Gasteiger partial charge in [-0.2, -0.15) is 0 Å². The minimum atomic E-state index is -1.55. The molecule has 1 aliphatic rings. The average Bonchev–Trinajstić information content (AvgIpc) is 2.21. The van der Waals surface area contributed by atoms with Gasteiger partial charge in [-0.1, -0.05) is 0 Å². The molecule has 1 aromatic carbocycles. The molecule has 0 spiro atoms. The van der Waals surface area contributed by atoms with Crippen LogP contribution in [0.4, 0.5) is 0 Å². The predicted octanol–water partition coefficient (Wildman–Crippen LogP) is 0.819. The van der Waals surface area contributed by atoms with Gasteiger partial charge < -0.3 is 0 Å². The zero-order chi connectivity index (χ0) is 8.23. The van der Waals surface area contributed by atoms with E-state index in [1.54, 1.807) is 0 Å². The van der Waals surface area contributed by atoms with Crippen molar-refractivity contribution >= 4 is 19.7 Å². The van der Waals surface area contributed by atoms with Crippen molar-refractivity contribution < 1.29 is 7.45 Å². The molecule has 0 radical (unpaired) electrons. The molecule has 0 N–H and O–H groups in total. The van der Waals surface area contributed by atoms with Crippen LogP contribution in [0.2, 0.25) is 0 Å². The first-order valence-electron chi connectivity index (χ1n) is 4.08. The van der Waals surface area contributed by atoms with Crippen LogP contribution in [0.15, 0.2) is 30.3 Å². The van der Waals surface area contributed by atoms with Gasteiger partial charge in [0, 0.05) is 0 Å². The van der Waals surface area contributed by atoms with Gasteiger partial charge in [0.05, 0.1) is 0 Å². The Hall–Kier alpha value is -0.302. The number of hydrogen-bond donors (Lipinski definition) is 0. The molecule has 1 aliphatic heterocycles. The molecule has 1 saturated heterocycles. The zero-order valence-corrected chi connectivity index (χ0v) is 8.65. The van der Waals surface area contributed by atoms with E-state index in [1.807, 2.05) is 18.2 Å². The summed E-state index contributed by atoms with van der Waals surface area (Å²) < 4.78 is 12.4. The van der Waals surface area contributed by atoms with Crippen LogP contribution < -0.4 is 4.35 Å². The Bertz CT molecular complexity index is 232. The van der Waals surface area contributed by atoms with E-state index in [9.17, 15) is 0 Å². The van der Waals surface area contributed by atoms with Crippen molar-refractivity contribution in [1.82, 2.24) is 0 Å². The number of rotatable bonds is 1. The number of benzene rings is 1. The Morgan fingerprint density at radius 2 is 1.67 bits per heavy atom. The quantitative estimate of drug-likeness (QED) is 0.660. The van der Waals surface area contributed by atoms with Crippen LogP contribution in [0.25, 0.3) is 0 Å². The van der Waals surface area contributed by atoms with Crippen LogP contribution in [-0.4, -0.2) is 28.5 Å². The maximum absolute atomic E-state index is 5.59. The summed E-state index contributed by atoms with van der Waals surface area (Å²) in [5.41, 5.74) is 0. The first-order chi connectivity index (χ1) is 5.97. The van der Waals surface area contributed by atoms with Gasteiger partial charge in [0.25, 0.3) is 0 Å². The summed E-state index contributed by atoms with van der Waals surface area (Å²) in [5.74, 6) is 0. The topological polar surface area (TPSA) is 18.5 Å². The van der Waals surface area contributed by atoms with Crippen molar-refractivity contribution in [2.45, 2.75) is 6.42 Å². The molecule has 1 fully saturated rings. The maximum atomic E-state index is 5.59. The Labute approximate surface area is 77.5 Å². The van der Waals surface area contributed by atoms with E-state index in [-0.39, 0.29) is 0 Å². The molecule has 0 bridgehead atoms. The van der Waals surface area contributed by atoms with Crippen LogP contribution in [-0.2, 0) is 7.45 Å². The zero-order valence-electron chi connectivity index (χ0n) is 6.77. The van der Waals surface area contributed by atoms with E-state index < -0.39 is 15.3 Å². The molecule has 0 amide bonds. The Morgan fingerprint density at radius 1 is 1.00 bits per heavy atom. The van der Waals surface area contributed by atoms with Crippen LogP contribution in [0, 0.1) is 0 Å². The summed E-state index contributed by atoms with van der Waals surface area (Å²) in [6.07, 6.45) is 1.04. The molecule has 1 heterocycles. The Morgan fingerprint density at radius 3 is 2.33 bits per heavy atom. The van der Waals surface area contributed by atoms with Gasteiger partial charge >= 0.3 is 77.1 Å². The standard InChI is InChI=1S/C9H11AsO2/c1-2-5-9(6-3-1)10-11-7-4-8-12-10/h1-3,5-6H,4,7-8H2. The van der Waals surface area contributed by atoms with Gasteiger partial charge in [0.2, 0.25) is 0 Å². The van der Waals surface area contributed by atoms with E-state index >= 15 is 0 Å². The second-order valence-electron chi connectivity index (χ2n) is 2.61. The van der Waals surface area contributed by atoms with Crippen LogP contribution in [0.5, 0.6) is 0 Å². The van der Waals surface area contributed by atoms with Gasteiger partial charge in [0.15, 0.2) is 0 Å². The van der Waals surface area contributed by atoms with Crippen molar-refractivity contribution in [1.29, 1.82) is 0 Å². The summed E-state index contributed by atoms with van der Waals surface area (Å²) in [6, 6.07) is 10.3. The summed E-state index contributed by atoms with van der Waals surface area (Å²) >= 11 is -1.55. The fourth-order valence-corrected chi connectivity index (χ4v) is 3.98. The first-order valence-corrected chi connectivity index (χ1v) is 6.55. The molecular formula is C9H11AsO2. The molecule has 3 heteroatoms. The third-order valence-corrected chi connectivity index (χ3v) is 4.93. The molecule has 2 rings (SSSR count). The van der Waals surface area contributed by atoms with Crippen molar-refractivity contribution in [2.75, 3.05) is 13.2 Å². The van der Waals surface area contributed by atoms with E-state index in [0.717, 1.165) is 19.6 Å². The molecule has 2 nitrogen and oxygen atoms in total. The SMILES string of the molecule is c1ccc([As]2OCCCO2)cc1. The van der Waals surface area contributed by atoms with Crippen molar-refractivity contribution in [3.63, 3.8) is 0 Å². The molecule has 12 heavy (non-hydrogen) atoms. The molecular weight excluding hydrogens is 215 g/mol. The Balaban J connectivity index is 2.08. The van der Waals surface area contributed by atoms with Gasteiger partial charge in [-0.3, -0.25) is 0 Å². The summed E-state index contributed by atoms with van der Waals surface area (Å²) in [5, 5.41) is 0. The summed E-state index contributed by atoms with van der Waals surface area (Å²) in [4.78, 5) is 0. The summed E-state index contributed by atoms with van der Waals surface area (Å²) in [6.45, 7) is 1.74. The van der Waals surface area contributed by atoms with Gasteiger partial charge in [-0.05, 0) is 0 Å². The second kappa shape index (κ2) is 4.08. The third kappa shape index (κ3) is 1.89. The van der Waals surface area contributed by atoms with Crippen molar-refractivity contribution in [3.05, 3.63) is 30.3 Å². The second-order valence-corrected chi connectivity index (χ2v) is 5.86. The Kier molecular flexibility index (Phi) is 2.83. The van der Waals surface area contributed by atoms with Gasteiger partial charge in [0.1, 0.15) is 0 Å². The van der Waals surface area contributed by atoms with E-state index in [2.05, 4.69) is 12.1 Å². The normalized spacial score (nSPS) is 19.3. The molecule has 64 valence electrons. The van der Waals surface area contributed by atoms with E-state index in [4.69, 9.17) is 7.45 Å². The van der Waals surface area contributed by atoms with E-state index in [0.29, 0.717) is 0 Å². The number of hydrogen-bond acceptors (Lipinski definition) is 2. The molecule has 0 aromatic heterocycles. The monoisotopic (exact) mass is 226 g/mol. The fraction of sp³-hybridized carbons (Fsp3) is 0.333. The minimum absolute atomic E-state index is 0.870. The van der Waals surface area contributed by atoms with Crippen LogP contribution in [0.3, 0.4) is 0 Å². The third-order valence-electron chi connectivity index (χ3n) is 1.67. The molecule has 0 atom stereocenters. The van der Waals surface area contributed by atoms with Gasteiger partial charge in [-0.15, -0.1) is 0 Å². The molecule has 0 saturated carbocycles. The van der Waals surface area contributed by atoms with Crippen LogP contribution in [0.1, 0.15) is 6.42 Å². The predicted molar refractivity (Wildman–Crippen MR) is 48.4 cm³/mol. The van der Waals surface area contributed by atoms with E-state index in [1.165, 1.54) is 4.35 Å².